The van der Waals surface area contributed by atoms with Gasteiger partial charge in [-0.2, -0.15) is 0 Å². The van der Waals surface area contributed by atoms with Gasteiger partial charge in [0.25, 0.3) is 0 Å². The Hall–Kier alpha value is -0.650. The van der Waals surface area contributed by atoms with Gasteiger partial charge in [-0.15, -0.1) is 0 Å². The topological polar surface area (TPSA) is 87.0 Å². The summed E-state index contributed by atoms with van der Waals surface area (Å²) in [5.41, 5.74) is 0. The molecule has 0 rings (SSSR count). The van der Waals surface area contributed by atoms with E-state index in [1.54, 1.807) is 0 Å². The third kappa shape index (κ3) is 7.62. The van der Waals surface area contributed by atoms with Crippen molar-refractivity contribution in [3.05, 3.63) is 0 Å². The van der Waals surface area contributed by atoms with Crippen LogP contribution in [0.5, 0.6) is 0 Å². The third-order valence-electron chi connectivity index (χ3n) is 2.46. The zero-order chi connectivity index (χ0) is 12.4. The first-order chi connectivity index (χ1) is 7.61. The fraction of sp³-hybridized carbons (Fsp3) is 0.909. The Morgan fingerprint density at radius 3 is 2.19 bits per heavy atom. The summed E-state index contributed by atoms with van der Waals surface area (Å²) in [4.78, 5) is 10.8. The van der Waals surface area contributed by atoms with E-state index in [1.807, 2.05) is 0 Å². The van der Waals surface area contributed by atoms with Gasteiger partial charge in [0.05, 0.1) is 19.3 Å². The van der Waals surface area contributed by atoms with Gasteiger partial charge in [0, 0.05) is 13.0 Å². The van der Waals surface area contributed by atoms with E-state index in [1.165, 1.54) is 7.11 Å². The van der Waals surface area contributed by atoms with Crippen molar-refractivity contribution in [1.29, 1.82) is 0 Å². The second-order valence-electron chi connectivity index (χ2n) is 3.82. The summed E-state index contributed by atoms with van der Waals surface area (Å²) in [6.07, 6.45) is 1.36. The first-order valence-corrected chi connectivity index (χ1v) is 5.65. The number of unbranched alkanes of at least 4 members (excludes halogenated alkanes) is 1. The van der Waals surface area contributed by atoms with Crippen LogP contribution in [0.1, 0.15) is 38.5 Å². The summed E-state index contributed by atoms with van der Waals surface area (Å²) < 4.78 is 4.46. The standard InChI is InChI=1S/C11H22O5/c1-16-11(15)7-4-6-10(14)9(13)5-2-3-8-12/h9-10,12-14H,2-8H2,1H3/t9-,10-/m1/s1. The molecular formula is C11H22O5. The Labute approximate surface area is 96.0 Å². The van der Waals surface area contributed by atoms with Crippen LogP contribution < -0.4 is 0 Å². The van der Waals surface area contributed by atoms with Gasteiger partial charge in [-0.05, 0) is 32.1 Å². The minimum absolute atomic E-state index is 0.102. The zero-order valence-corrected chi connectivity index (χ0v) is 9.76. The molecule has 5 heteroatoms. The summed E-state index contributed by atoms with van der Waals surface area (Å²) in [5, 5.41) is 27.6. The van der Waals surface area contributed by atoms with Crippen LogP contribution in [0.2, 0.25) is 0 Å². The van der Waals surface area contributed by atoms with E-state index < -0.39 is 12.2 Å². The molecule has 0 aliphatic heterocycles. The largest absolute Gasteiger partial charge is 0.469 e. The molecule has 0 aromatic heterocycles. The van der Waals surface area contributed by atoms with E-state index in [-0.39, 0.29) is 19.0 Å². The maximum absolute atomic E-state index is 10.8. The Bertz CT molecular complexity index is 183. The minimum atomic E-state index is -0.802. The Balaban J connectivity index is 3.54. The smallest absolute Gasteiger partial charge is 0.305 e. The molecular weight excluding hydrogens is 212 g/mol. The number of rotatable bonds is 9. The monoisotopic (exact) mass is 234 g/mol. The average molecular weight is 234 g/mol. The van der Waals surface area contributed by atoms with Gasteiger partial charge in [-0.25, -0.2) is 0 Å². The molecule has 96 valence electrons. The number of aliphatic hydroxyl groups is 3. The Morgan fingerprint density at radius 2 is 1.69 bits per heavy atom. The normalized spacial score (nSPS) is 14.5. The van der Waals surface area contributed by atoms with Crippen molar-refractivity contribution in [2.24, 2.45) is 0 Å². The number of carbonyl (C=O) groups excluding carboxylic acids is 1. The van der Waals surface area contributed by atoms with Gasteiger partial charge >= 0.3 is 5.97 Å². The highest BCUT2D eigenvalue weighted by molar-refractivity contribution is 5.68. The highest BCUT2D eigenvalue weighted by atomic mass is 16.5. The lowest BCUT2D eigenvalue weighted by molar-refractivity contribution is -0.140. The highest BCUT2D eigenvalue weighted by Crippen LogP contribution is 2.11. The number of ether oxygens (including phenoxy) is 1. The summed E-state index contributed by atoms with van der Waals surface area (Å²) in [6.45, 7) is 0.102. The SMILES string of the molecule is COC(=O)CCC[C@@H](O)[C@H](O)CCCCO. The van der Waals surface area contributed by atoms with Gasteiger partial charge in [0.2, 0.25) is 0 Å². The van der Waals surface area contributed by atoms with E-state index in [9.17, 15) is 15.0 Å². The fourth-order valence-electron chi connectivity index (χ4n) is 1.41. The first-order valence-electron chi connectivity index (χ1n) is 5.65. The molecule has 0 unspecified atom stereocenters. The lowest BCUT2D eigenvalue weighted by Gasteiger charge is -2.17. The number of aliphatic hydroxyl groups excluding tert-OH is 3. The van der Waals surface area contributed by atoms with Gasteiger partial charge < -0.3 is 20.1 Å². The summed E-state index contributed by atoms with van der Waals surface area (Å²) in [5.74, 6) is -0.304. The first kappa shape index (κ1) is 15.3. The molecule has 16 heavy (non-hydrogen) atoms. The van der Waals surface area contributed by atoms with Crippen molar-refractivity contribution in [3.63, 3.8) is 0 Å². The number of methoxy groups -OCH3 is 1. The quantitative estimate of drug-likeness (QED) is 0.392. The van der Waals surface area contributed by atoms with E-state index in [2.05, 4.69) is 4.74 Å². The van der Waals surface area contributed by atoms with Crippen molar-refractivity contribution >= 4 is 5.97 Å². The molecule has 0 spiro atoms. The molecule has 0 fully saturated rings. The minimum Gasteiger partial charge on any atom is -0.469 e. The molecule has 0 saturated heterocycles. The molecule has 3 N–H and O–H groups in total. The lowest BCUT2D eigenvalue weighted by Crippen LogP contribution is -2.26. The van der Waals surface area contributed by atoms with Crippen molar-refractivity contribution in [3.8, 4) is 0 Å². The lowest BCUT2D eigenvalue weighted by atomic mass is 10.0. The number of carbonyl (C=O) groups is 1. The molecule has 0 aliphatic carbocycles. The van der Waals surface area contributed by atoms with Crippen LogP contribution in [0.15, 0.2) is 0 Å². The van der Waals surface area contributed by atoms with Crippen molar-refractivity contribution in [1.82, 2.24) is 0 Å². The molecule has 0 aromatic rings. The van der Waals surface area contributed by atoms with Gasteiger partial charge in [0.15, 0.2) is 0 Å². The number of hydrogen-bond acceptors (Lipinski definition) is 5. The van der Waals surface area contributed by atoms with E-state index in [0.717, 1.165) is 0 Å². The average Bonchev–Trinajstić information content (AvgIpc) is 2.28. The van der Waals surface area contributed by atoms with Crippen molar-refractivity contribution < 1.29 is 24.9 Å². The zero-order valence-electron chi connectivity index (χ0n) is 9.76. The molecule has 5 nitrogen and oxygen atoms in total. The van der Waals surface area contributed by atoms with Gasteiger partial charge in [-0.3, -0.25) is 4.79 Å². The molecule has 2 atom stereocenters. The van der Waals surface area contributed by atoms with Crippen LogP contribution in [-0.2, 0) is 9.53 Å². The predicted octanol–water partition coefficient (Wildman–Crippen LogP) is 0.214. The molecule has 0 amide bonds. The van der Waals surface area contributed by atoms with Crippen molar-refractivity contribution in [2.45, 2.75) is 50.7 Å². The maximum atomic E-state index is 10.8. The summed E-state index contributed by atoms with van der Waals surface area (Å²) in [7, 11) is 1.32. The second-order valence-corrected chi connectivity index (χ2v) is 3.82. The molecule has 0 radical (unpaired) electrons. The second kappa shape index (κ2) is 9.57. The van der Waals surface area contributed by atoms with E-state index >= 15 is 0 Å². The molecule has 0 saturated carbocycles. The van der Waals surface area contributed by atoms with Crippen LogP contribution in [0.3, 0.4) is 0 Å². The maximum Gasteiger partial charge on any atom is 0.305 e. The molecule has 0 aromatic carbocycles. The molecule has 0 aliphatic rings. The Morgan fingerprint density at radius 1 is 1.12 bits per heavy atom. The van der Waals surface area contributed by atoms with Crippen LogP contribution in [-0.4, -0.2) is 47.2 Å². The number of esters is 1. The summed E-state index contributed by atoms with van der Waals surface area (Å²) in [6, 6.07) is 0. The van der Waals surface area contributed by atoms with Gasteiger partial charge in [0.1, 0.15) is 0 Å². The van der Waals surface area contributed by atoms with Gasteiger partial charge in [-0.1, -0.05) is 0 Å². The van der Waals surface area contributed by atoms with Crippen LogP contribution in [0.4, 0.5) is 0 Å². The van der Waals surface area contributed by atoms with Crippen LogP contribution in [0, 0.1) is 0 Å². The van der Waals surface area contributed by atoms with Crippen LogP contribution >= 0.6 is 0 Å². The highest BCUT2D eigenvalue weighted by Gasteiger charge is 2.15. The van der Waals surface area contributed by atoms with E-state index in [4.69, 9.17) is 5.11 Å². The summed E-state index contributed by atoms with van der Waals surface area (Å²) >= 11 is 0. The predicted molar refractivity (Wildman–Crippen MR) is 58.8 cm³/mol. The molecule has 0 bridgehead atoms. The fourth-order valence-corrected chi connectivity index (χ4v) is 1.41. The van der Waals surface area contributed by atoms with E-state index in [0.29, 0.717) is 32.1 Å². The molecule has 0 heterocycles. The Kier molecular flexibility index (Phi) is 9.18. The van der Waals surface area contributed by atoms with Crippen molar-refractivity contribution in [2.75, 3.05) is 13.7 Å². The third-order valence-corrected chi connectivity index (χ3v) is 2.46. The number of hydrogen-bond donors (Lipinski definition) is 3. The van der Waals surface area contributed by atoms with Crippen LogP contribution in [0.25, 0.3) is 0 Å².